The minimum absolute atomic E-state index is 0.693. The van der Waals surface area contributed by atoms with Crippen LogP contribution < -0.4 is 5.32 Å². The maximum absolute atomic E-state index is 3.69. The van der Waals surface area contributed by atoms with Gasteiger partial charge in [-0.2, -0.15) is 0 Å². The molecule has 0 radical (unpaired) electrons. The van der Waals surface area contributed by atoms with Crippen LogP contribution in [0.25, 0.3) is 0 Å². The van der Waals surface area contributed by atoms with Crippen molar-refractivity contribution in [3.05, 3.63) is 0 Å². The third-order valence-electron chi connectivity index (χ3n) is 4.54. The number of hydrogen-bond acceptors (Lipinski definition) is 3. The summed E-state index contributed by atoms with van der Waals surface area (Å²) in [6, 6.07) is 1.55. The van der Waals surface area contributed by atoms with Gasteiger partial charge in [0.2, 0.25) is 0 Å². The van der Waals surface area contributed by atoms with E-state index >= 15 is 0 Å². The summed E-state index contributed by atoms with van der Waals surface area (Å²) < 4.78 is 0. The molecule has 0 saturated carbocycles. The van der Waals surface area contributed by atoms with Crippen molar-refractivity contribution in [2.24, 2.45) is 0 Å². The van der Waals surface area contributed by atoms with Crippen molar-refractivity contribution < 1.29 is 0 Å². The van der Waals surface area contributed by atoms with Crippen LogP contribution in [0, 0.1) is 0 Å². The van der Waals surface area contributed by atoms with Gasteiger partial charge in [-0.25, -0.2) is 0 Å². The lowest BCUT2D eigenvalue weighted by Crippen LogP contribution is -2.44. The molecule has 2 saturated heterocycles. The molecule has 2 aliphatic heterocycles. The Balaban J connectivity index is 1.80. The summed E-state index contributed by atoms with van der Waals surface area (Å²) in [4.78, 5) is 5.44. The molecule has 0 bridgehead atoms. The fourth-order valence-corrected chi connectivity index (χ4v) is 3.45. The molecule has 3 nitrogen and oxygen atoms in total. The van der Waals surface area contributed by atoms with Crippen molar-refractivity contribution in [1.29, 1.82) is 0 Å². The van der Waals surface area contributed by atoms with Crippen LogP contribution >= 0.6 is 0 Å². The summed E-state index contributed by atoms with van der Waals surface area (Å²) in [6.45, 7) is 12.3. The first kappa shape index (κ1) is 14.3. The van der Waals surface area contributed by atoms with Crippen LogP contribution in [0.3, 0.4) is 0 Å². The Morgan fingerprint density at radius 3 is 2.78 bits per heavy atom. The van der Waals surface area contributed by atoms with Crippen molar-refractivity contribution in [1.82, 2.24) is 15.1 Å². The molecule has 2 heterocycles. The highest BCUT2D eigenvalue weighted by atomic mass is 15.3. The quantitative estimate of drug-likeness (QED) is 0.780. The van der Waals surface area contributed by atoms with E-state index in [1.54, 1.807) is 0 Å². The third-order valence-corrected chi connectivity index (χ3v) is 4.54. The van der Waals surface area contributed by atoms with Gasteiger partial charge < -0.3 is 10.2 Å². The lowest BCUT2D eigenvalue weighted by Gasteiger charge is -2.29. The number of rotatable bonds is 6. The average molecular weight is 253 g/mol. The van der Waals surface area contributed by atoms with E-state index in [9.17, 15) is 0 Å². The van der Waals surface area contributed by atoms with E-state index in [2.05, 4.69) is 29.0 Å². The summed E-state index contributed by atoms with van der Waals surface area (Å²) >= 11 is 0. The van der Waals surface area contributed by atoms with Gasteiger partial charge in [0, 0.05) is 25.2 Å². The maximum atomic E-state index is 3.69. The summed E-state index contributed by atoms with van der Waals surface area (Å²) in [5.41, 5.74) is 0. The molecule has 0 spiro atoms. The Kier molecular flexibility index (Phi) is 5.93. The lowest BCUT2D eigenvalue weighted by atomic mass is 10.1. The molecular weight excluding hydrogens is 222 g/mol. The first-order valence-corrected chi connectivity index (χ1v) is 8.03. The molecule has 0 aromatic rings. The fraction of sp³-hybridized carbons (Fsp3) is 1.00. The Bertz CT molecular complexity index is 232. The van der Waals surface area contributed by atoms with Gasteiger partial charge in [-0.15, -0.1) is 0 Å². The second-order valence-electron chi connectivity index (χ2n) is 6.00. The second kappa shape index (κ2) is 7.46. The molecule has 0 amide bonds. The van der Waals surface area contributed by atoms with Crippen molar-refractivity contribution in [2.45, 2.75) is 58.0 Å². The van der Waals surface area contributed by atoms with E-state index < -0.39 is 0 Å². The number of nitrogens with one attached hydrogen (secondary N) is 1. The van der Waals surface area contributed by atoms with Crippen LogP contribution in [0.4, 0.5) is 0 Å². The molecule has 18 heavy (non-hydrogen) atoms. The van der Waals surface area contributed by atoms with Crippen LogP contribution in [-0.4, -0.2) is 61.2 Å². The zero-order valence-corrected chi connectivity index (χ0v) is 12.3. The summed E-state index contributed by atoms with van der Waals surface area (Å²) in [7, 11) is 0. The van der Waals surface area contributed by atoms with E-state index in [-0.39, 0.29) is 0 Å². The van der Waals surface area contributed by atoms with Gasteiger partial charge in [-0.1, -0.05) is 13.8 Å². The van der Waals surface area contributed by atoms with E-state index in [1.165, 1.54) is 71.4 Å². The highest BCUT2D eigenvalue weighted by molar-refractivity contribution is 4.86. The van der Waals surface area contributed by atoms with Crippen molar-refractivity contribution in [3.8, 4) is 0 Å². The Labute approximate surface area is 113 Å². The van der Waals surface area contributed by atoms with Gasteiger partial charge >= 0.3 is 0 Å². The van der Waals surface area contributed by atoms with Crippen LogP contribution in [0.1, 0.15) is 46.0 Å². The molecule has 2 unspecified atom stereocenters. The molecule has 3 heteroatoms. The van der Waals surface area contributed by atoms with E-state index in [4.69, 9.17) is 0 Å². The third kappa shape index (κ3) is 3.94. The van der Waals surface area contributed by atoms with Gasteiger partial charge in [0.1, 0.15) is 0 Å². The second-order valence-corrected chi connectivity index (χ2v) is 6.00. The lowest BCUT2D eigenvalue weighted by molar-refractivity contribution is 0.204. The average Bonchev–Trinajstić information content (AvgIpc) is 2.73. The van der Waals surface area contributed by atoms with Gasteiger partial charge in [0.05, 0.1) is 0 Å². The van der Waals surface area contributed by atoms with Crippen LogP contribution in [-0.2, 0) is 0 Å². The number of fused-ring (bicyclic) bond motifs is 1. The number of nitrogens with zero attached hydrogens (tertiary/aromatic N) is 2. The molecule has 0 aromatic heterocycles. The minimum atomic E-state index is 0.693. The molecule has 0 aliphatic carbocycles. The monoisotopic (exact) mass is 253 g/mol. The molecular formula is C15H31N3. The molecule has 2 atom stereocenters. The summed E-state index contributed by atoms with van der Waals surface area (Å²) in [5, 5.41) is 3.69. The minimum Gasteiger partial charge on any atom is -0.313 e. The van der Waals surface area contributed by atoms with Crippen molar-refractivity contribution in [3.63, 3.8) is 0 Å². The smallest absolute Gasteiger partial charge is 0.0223 e. The van der Waals surface area contributed by atoms with Crippen LogP contribution in [0.5, 0.6) is 0 Å². The zero-order valence-electron chi connectivity index (χ0n) is 12.3. The first-order chi connectivity index (χ1) is 8.83. The highest BCUT2D eigenvalue weighted by Gasteiger charge is 2.29. The fourth-order valence-electron chi connectivity index (χ4n) is 3.45. The normalized spacial score (nSPS) is 28.0. The SMILES string of the molecule is CCCNC(CC)CN1CCCN2CCCC2C1. The summed E-state index contributed by atoms with van der Waals surface area (Å²) in [5.74, 6) is 0. The zero-order chi connectivity index (χ0) is 12.8. The van der Waals surface area contributed by atoms with Crippen molar-refractivity contribution in [2.75, 3.05) is 39.3 Å². The molecule has 2 fully saturated rings. The topological polar surface area (TPSA) is 18.5 Å². The van der Waals surface area contributed by atoms with Crippen LogP contribution in [0.15, 0.2) is 0 Å². The van der Waals surface area contributed by atoms with Crippen molar-refractivity contribution >= 4 is 0 Å². The largest absolute Gasteiger partial charge is 0.313 e. The summed E-state index contributed by atoms with van der Waals surface area (Å²) in [6.07, 6.45) is 6.71. The molecule has 2 rings (SSSR count). The molecule has 2 aliphatic rings. The Hall–Kier alpha value is -0.120. The predicted molar refractivity (Wildman–Crippen MR) is 78.0 cm³/mol. The van der Waals surface area contributed by atoms with Gasteiger partial charge in [-0.05, 0) is 58.3 Å². The molecule has 106 valence electrons. The highest BCUT2D eigenvalue weighted by Crippen LogP contribution is 2.21. The van der Waals surface area contributed by atoms with Gasteiger partial charge in [0.15, 0.2) is 0 Å². The predicted octanol–water partition coefficient (Wildman–Crippen LogP) is 1.93. The number of hydrogen-bond donors (Lipinski definition) is 1. The van der Waals surface area contributed by atoms with E-state index in [0.717, 1.165) is 6.04 Å². The maximum Gasteiger partial charge on any atom is 0.0223 e. The van der Waals surface area contributed by atoms with Gasteiger partial charge in [-0.3, -0.25) is 4.90 Å². The van der Waals surface area contributed by atoms with E-state index in [0.29, 0.717) is 6.04 Å². The van der Waals surface area contributed by atoms with Crippen LogP contribution in [0.2, 0.25) is 0 Å². The Morgan fingerprint density at radius 1 is 1.17 bits per heavy atom. The Morgan fingerprint density at radius 2 is 2.00 bits per heavy atom. The first-order valence-electron chi connectivity index (χ1n) is 8.03. The molecule has 1 N–H and O–H groups in total. The van der Waals surface area contributed by atoms with E-state index in [1.807, 2.05) is 0 Å². The standard InChI is InChI=1S/C15H31N3/c1-3-8-16-14(4-2)12-17-9-6-11-18-10-5-7-15(18)13-17/h14-16H,3-13H2,1-2H3. The molecule has 0 aromatic carbocycles. The van der Waals surface area contributed by atoms with Gasteiger partial charge in [0.25, 0.3) is 0 Å².